The Labute approximate surface area is 130 Å². The number of benzene rings is 2. The molecule has 0 fully saturated rings. The molecule has 116 valence electrons. The van der Waals surface area contributed by atoms with E-state index in [9.17, 15) is 8.42 Å². The first kappa shape index (κ1) is 14.9. The SMILES string of the molecule is Cc1ccccc1CS(=O)(=O)Cc1cccc2c1OCCO2. The second-order valence-corrected chi connectivity index (χ2v) is 7.46. The standard InChI is InChI=1S/C17H18O4S/c1-13-5-2-3-6-14(13)11-22(18,19)12-15-7-4-8-16-17(15)21-10-9-20-16/h2-8H,9-12H2,1H3. The van der Waals surface area contributed by atoms with Crippen LogP contribution in [0.25, 0.3) is 0 Å². The fourth-order valence-corrected chi connectivity index (χ4v) is 4.15. The average Bonchev–Trinajstić information content (AvgIpc) is 2.49. The maximum Gasteiger partial charge on any atom is 0.165 e. The summed E-state index contributed by atoms with van der Waals surface area (Å²) in [4.78, 5) is 0. The van der Waals surface area contributed by atoms with Gasteiger partial charge in [0.2, 0.25) is 0 Å². The molecule has 0 bridgehead atoms. The van der Waals surface area contributed by atoms with Crippen LogP contribution in [0.5, 0.6) is 11.5 Å². The molecule has 0 aromatic heterocycles. The van der Waals surface area contributed by atoms with Crippen LogP contribution in [-0.2, 0) is 21.3 Å². The van der Waals surface area contributed by atoms with Crippen LogP contribution in [0.15, 0.2) is 42.5 Å². The van der Waals surface area contributed by atoms with Gasteiger partial charge in [-0.25, -0.2) is 8.42 Å². The first-order valence-electron chi connectivity index (χ1n) is 7.17. The summed E-state index contributed by atoms with van der Waals surface area (Å²) in [7, 11) is -3.28. The van der Waals surface area contributed by atoms with Gasteiger partial charge in [-0.1, -0.05) is 36.4 Å². The zero-order chi connectivity index (χ0) is 15.6. The average molecular weight is 318 g/mol. The van der Waals surface area contributed by atoms with Crippen molar-refractivity contribution in [1.82, 2.24) is 0 Å². The second-order valence-electron chi connectivity index (χ2n) is 5.40. The van der Waals surface area contributed by atoms with Crippen molar-refractivity contribution in [3.05, 3.63) is 59.2 Å². The largest absolute Gasteiger partial charge is 0.486 e. The molecule has 0 atom stereocenters. The molecule has 0 unspecified atom stereocenters. The minimum absolute atomic E-state index is 0.0319. The monoisotopic (exact) mass is 318 g/mol. The molecule has 2 aromatic rings. The number of sulfone groups is 1. The number of ether oxygens (including phenoxy) is 2. The zero-order valence-corrected chi connectivity index (χ0v) is 13.2. The molecule has 1 aliphatic rings. The lowest BCUT2D eigenvalue weighted by molar-refractivity contribution is 0.170. The third-order valence-corrected chi connectivity index (χ3v) is 5.16. The molecule has 0 spiro atoms. The summed E-state index contributed by atoms with van der Waals surface area (Å²) < 4.78 is 36.1. The predicted octanol–water partition coefficient (Wildman–Crippen LogP) is 2.88. The molecule has 1 aliphatic heterocycles. The highest BCUT2D eigenvalue weighted by Crippen LogP contribution is 2.35. The van der Waals surface area contributed by atoms with E-state index in [4.69, 9.17) is 9.47 Å². The zero-order valence-electron chi connectivity index (χ0n) is 12.4. The highest BCUT2D eigenvalue weighted by Gasteiger charge is 2.21. The maximum absolute atomic E-state index is 12.5. The Hall–Kier alpha value is -2.01. The highest BCUT2D eigenvalue weighted by atomic mass is 32.2. The van der Waals surface area contributed by atoms with Crippen molar-refractivity contribution in [1.29, 1.82) is 0 Å². The number of fused-ring (bicyclic) bond motifs is 1. The molecule has 0 aliphatic carbocycles. The van der Waals surface area contributed by atoms with Crippen LogP contribution < -0.4 is 9.47 Å². The Morgan fingerprint density at radius 2 is 1.59 bits per heavy atom. The van der Waals surface area contributed by atoms with Crippen molar-refractivity contribution in [2.24, 2.45) is 0 Å². The van der Waals surface area contributed by atoms with E-state index in [1.54, 1.807) is 18.2 Å². The van der Waals surface area contributed by atoms with Crippen molar-refractivity contribution >= 4 is 9.84 Å². The lowest BCUT2D eigenvalue weighted by atomic mass is 10.1. The van der Waals surface area contributed by atoms with E-state index in [1.807, 2.05) is 31.2 Å². The van der Waals surface area contributed by atoms with Gasteiger partial charge < -0.3 is 9.47 Å². The van der Waals surface area contributed by atoms with E-state index in [0.717, 1.165) is 11.1 Å². The van der Waals surface area contributed by atoms with Gasteiger partial charge in [0, 0.05) is 5.56 Å². The number of hydrogen-bond donors (Lipinski definition) is 0. The number of para-hydroxylation sites is 1. The molecule has 5 heteroatoms. The predicted molar refractivity (Wildman–Crippen MR) is 84.9 cm³/mol. The lowest BCUT2D eigenvalue weighted by Gasteiger charge is -2.21. The lowest BCUT2D eigenvalue weighted by Crippen LogP contribution is -2.17. The minimum Gasteiger partial charge on any atom is -0.486 e. The molecule has 0 saturated carbocycles. The van der Waals surface area contributed by atoms with Gasteiger partial charge in [0.15, 0.2) is 21.3 Å². The van der Waals surface area contributed by atoms with E-state index in [2.05, 4.69) is 0 Å². The third kappa shape index (κ3) is 3.25. The van der Waals surface area contributed by atoms with Crippen molar-refractivity contribution in [3.8, 4) is 11.5 Å². The van der Waals surface area contributed by atoms with Crippen molar-refractivity contribution in [3.63, 3.8) is 0 Å². The Morgan fingerprint density at radius 1 is 0.909 bits per heavy atom. The maximum atomic E-state index is 12.5. The Morgan fingerprint density at radius 3 is 2.41 bits per heavy atom. The molecule has 0 radical (unpaired) electrons. The first-order chi connectivity index (χ1) is 10.6. The van der Waals surface area contributed by atoms with Gasteiger partial charge in [-0.3, -0.25) is 0 Å². The van der Waals surface area contributed by atoms with Crippen LogP contribution in [-0.4, -0.2) is 21.6 Å². The van der Waals surface area contributed by atoms with E-state index >= 15 is 0 Å². The Balaban J connectivity index is 1.85. The van der Waals surface area contributed by atoms with Crippen LogP contribution in [0.4, 0.5) is 0 Å². The summed E-state index contributed by atoms with van der Waals surface area (Å²) in [5.41, 5.74) is 2.48. The Bertz CT molecular complexity index is 781. The van der Waals surface area contributed by atoms with Crippen LogP contribution in [0.2, 0.25) is 0 Å². The molecule has 1 heterocycles. The summed E-state index contributed by atoms with van der Waals surface area (Å²) in [5, 5.41) is 0. The quantitative estimate of drug-likeness (QED) is 0.870. The molecule has 0 amide bonds. The smallest absolute Gasteiger partial charge is 0.165 e. The molecule has 4 nitrogen and oxygen atoms in total. The molecular formula is C17H18O4S. The van der Waals surface area contributed by atoms with Crippen LogP contribution >= 0.6 is 0 Å². The van der Waals surface area contributed by atoms with Gasteiger partial charge in [0.25, 0.3) is 0 Å². The summed E-state index contributed by atoms with van der Waals surface area (Å²) >= 11 is 0. The van der Waals surface area contributed by atoms with Crippen LogP contribution in [0.3, 0.4) is 0 Å². The van der Waals surface area contributed by atoms with Gasteiger partial charge in [0.1, 0.15) is 13.2 Å². The normalized spacial score (nSPS) is 13.9. The Kier molecular flexibility index (Phi) is 4.07. The van der Waals surface area contributed by atoms with Crippen molar-refractivity contribution in [2.75, 3.05) is 13.2 Å². The minimum atomic E-state index is -3.28. The van der Waals surface area contributed by atoms with Crippen molar-refractivity contribution in [2.45, 2.75) is 18.4 Å². The summed E-state index contributed by atoms with van der Waals surface area (Å²) in [6.07, 6.45) is 0. The third-order valence-electron chi connectivity index (χ3n) is 3.66. The molecule has 2 aromatic carbocycles. The molecule has 0 saturated heterocycles. The number of rotatable bonds is 4. The highest BCUT2D eigenvalue weighted by molar-refractivity contribution is 7.89. The van der Waals surface area contributed by atoms with E-state index in [-0.39, 0.29) is 11.5 Å². The van der Waals surface area contributed by atoms with Crippen molar-refractivity contribution < 1.29 is 17.9 Å². The second kappa shape index (κ2) is 6.01. The summed E-state index contributed by atoms with van der Waals surface area (Å²) in [5.74, 6) is 1.16. The first-order valence-corrected chi connectivity index (χ1v) is 9.00. The topological polar surface area (TPSA) is 52.6 Å². The van der Waals surface area contributed by atoms with Crippen LogP contribution in [0, 0.1) is 6.92 Å². The fourth-order valence-electron chi connectivity index (χ4n) is 2.54. The summed E-state index contributed by atoms with van der Waals surface area (Å²) in [6, 6.07) is 12.9. The molecule has 22 heavy (non-hydrogen) atoms. The molecule has 3 rings (SSSR count). The van der Waals surface area contributed by atoms with E-state index in [1.165, 1.54) is 0 Å². The van der Waals surface area contributed by atoms with Gasteiger partial charge >= 0.3 is 0 Å². The fraction of sp³-hybridized carbons (Fsp3) is 0.294. The number of hydrogen-bond acceptors (Lipinski definition) is 4. The summed E-state index contributed by atoms with van der Waals surface area (Å²) in [6.45, 7) is 2.86. The number of aryl methyl sites for hydroxylation is 1. The van der Waals surface area contributed by atoms with Gasteiger partial charge in [0.05, 0.1) is 11.5 Å². The molecular weight excluding hydrogens is 300 g/mol. The van der Waals surface area contributed by atoms with E-state index < -0.39 is 9.84 Å². The van der Waals surface area contributed by atoms with E-state index in [0.29, 0.717) is 30.3 Å². The van der Waals surface area contributed by atoms with Gasteiger partial charge in [-0.05, 0) is 24.1 Å². The van der Waals surface area contributed by atoms with Crippen LogP contribution in [0.1, 0.15) is 16.7 Å². The molecule has 0 N–H and O–H groups in total. The van der Waals surface area contributed by atoms with Gasteiger partial charge in [-0.15, -0.1) is 0 Å². The van der Waals surface area contributed by atoms with Gasteiger partial charge in [-0.2, -0.15) is 0 Å².